The summed E-state index contributed by atoms with van der Waals surface area (Å²) in [6.07, 6.45) is 2.08. The Hall–Kier alpha value is -2.18. The molecular formula is C19H27N3O3. The van der Waals surface area contributed by atoms with E-state index in [0.717, 1.165) is 0 Å². The topological polar surface area (TPSA) is 93.5 Å². The van der Waals surface area contributed by atoms with Gasteiger partial charge >= 0.3 is 0 Å². The minimum absolute atomic E-state index is 0.0239. The molecule has 1 aromatic rings. The lowest BCUT2D eigenvalue weighted by Crippen LogP contribution is -2.74. The van der Waals surface area contributed by atoms with Crippen LogP contribution in [0.15, 0.2) is 36.9 Å². The van der Waals surface area contributed by atoms with Crippen molar-refractivity contribution >= 4 is 17.5 Å². The summed E-state index contributed by atoms with van der Waals surface area (Å²) < 4.78 is 5.65. The molecule has 1 aliphatic carbocycles. The molecule has 1 fully saturated rings. The van der Waals surface area contributed by atoms with Crippen LogP contribution in [0.3, 0.4) is 0 Å². The molecule has 1 aliphatic rings. The van der Waals surface area contributed by atoms with Gasteiger partial charge in [0.25, 0.3) is 5.91 Å². The van der Waals surface area contributed by atoms with E-state index in [1.807, 2.05) is 20.8 Å². The molecule has 0 aromatic heterocycles. The van der Waals surface area contributed by atoms with Crippen molar-refractivity contribution in [2.24, 2.45) is 11.1 Å². The Balaban J connectivity index is 2.01. The van der Waals surface area contributed by atoms with Crippen LogP contribution in [0, 0.1) is 5.41 Å². The van der Waals surface area contributed by atoms with Gasteiger partial charge < -0.3 is 21.1 Å². The second-order valence-corrected chi connectivity index (χ2v) is 6.87. The molecule has 0 aliphatic heterocycles. The first-order valence-electron chi connectivity index (χ1n) is 8.47. The van der Waals surface area contributed by atoms with Crippen molar-refractivity contribution < 1.29 is 14.3 Å². The Bertz CT molecular complexity index is 654. The number of amides is 2. The molecule has 6 nitrogen and oxygen atoms in total. The van der Waals surface area contributed by atoms with Crippen LogP contribution in [-0.4, -0.2) is 36.6 Å². The van der Waals surface area contributed by atoms with Crippen LogP contribution < -0.4 is 16.4 Å². The van der Waals surface area contributed by atoms with Gasteiger partial charge in [0, 0.05) is 36.2 Å². The number of carbonyl (C=O) groups excluding carboxylic acids is 2. The number of carbonyl (C=O) groups is 2. The van der Waals surface area contributed by atoms with E-state index in [-0.39, 0.29) is 17.9 Å². The maximum Gasteiger partial charge on any atom is 0.251 e. The lowest BCUT2D eigenvalue weighted by molar-refractivity contribution is -0.166. The van der Waals surface area contributed by atoms with E-state index in [9.17, 15) is 9.59 Å². The van der Waals surface area contributed by atoms with Crippen molar-refractivity contribution in [2.75, 3.05) is 18.5 Å². The summed E-state index contributed by atoms with van der Waals surface area (Å²) in [7, 11) is 0. The predicted molar refractivity (Wildman–Crippen MR) is 98.3 cm³/mol. The summed E-state index contributed by atoms with van der Waals surface area (Å²) >= 11 is 0. The molecule has 0 saturated heterocycles. The zero-order chi connectivity index (χ0) is 18.7. The summed E-state index contributed by atoms with van der Waals surface area (Å²) in [5, 5.41) is 5.55. The minimum Gasteiger partial charge on any atom is -0.378 e. The molecule has 0 spiro atoms. The standard InChI is InChI=1S/C19H27N3O3/c1-5-11-21-16(23)13-7-9-14(10-8-13)22-17(24)19(20)12-15(25-6-2)18(19,3)4/h5,7-10,15H,1,6,11-12,20H2,2-4H3,(H,21,23)(H,22,24). The number of hydrogen-bond acceptors (Lipinski definition) is 4. The molecule has 25 heavy (non-hydrogen) atoms. The Morgan fingerprint density at radius 1 is 1.36 bits per heavy atom. The maximum atomic E-state index is 12.7. The van der Waals surface area contributed by atoms with Crippen LogP contribution in [0.1, 0.15) is 37.6 Å². The van der Waals surface area contributed by atoms with Crippen LogP contribution in [0.2, 0.25) is 0 Å². The third-order valence-electron chi connectivity index (χ3n) is 5.05. The number of nitrogens with two attached hydrogens (primary N) is 1. The number of benzene rings is 1. The molecule has 0 radical (unpaired) electrons. The first-order chi connectivity index (χ1) is 11.8. The summed E-state index contributed by atoms with van der Waals surface area (Å²) in [5.74, 6) is -0.426. The first-order valence-corrected chi connectivity index (χ1v) is 8.47. The third-order valence-corrected chi connectivity index (χ3v) is 5.05. The van der Waals surface area contributed by atoms with E-state index in [1.165, 1.54) is 0 Å². The molecule has 2 rings (SSSR count). The highest BCUT2D eigenvalue weighted by molar-refractivity contribution is 6.00. The third kappa shape index (κ3) is 3.60. The van der Waals surface area contributed by atoms with Gasteiger partial charge in [-0.1, -0.05) is 19.9 Å². The first kappa shape index (κ1) is 19.1. The van der Waals surface area contributed by atoms with Crippen molar-refractivity contribution in [3.63, 3.8) is 0 Å². The summed E-state index contributed by atoms with van der Waals surface area (Å²) in [5.41, 5.74) is 6.05. The van der Waals surface area contributed by atoms with E-state index in [0.29, 0.717) is 30.8 Å². The van der Waals surface area contributed by atoms with E-state index < -0.39 is 11.0 Å². The van der Waals surface area contributed by atoms with E-state index in [4.69, 9.17) is 10.5 Å². The largest absolute Gasteiger partial charge is 0.378 e. The smallest absolute Gasteiger partial charge is 0.251 e. The molecule has 1 saturated carbocycles. The molecular weight excluding hydrogens is 318 g/mol. The molecule has 1 aromatic carbocycles. The number of nitrogens with one attached hydrogen (secondary N) is 2. The van der Waals surface area contributed by atoms with Crippen molar-refractivity contribution in [3.05, 3.63) is 42.5 Å². The zero-order valence-electron chi connectivity index (χ0n) is 15.1. The van der Waals surface area contributed by atoms with Crippen molar-refractivity contribution in [3.8, 4) is 0 Å². The van der Waals surface area contributed by atoms with Crippen LogP contribution in [0.5, 0.6) is 0 Å². The highest BCUT2D eigenvalue weighted by Gasteiger charge is 2.62. The normalized spacial score (nSPS) is 24.1. The maximum absolute atomic E-state index is 12.7. The van der Waals surface area contributed by atoms with Gasteiger partial charge in [0.2, 0.25) is 5.91 Å². The molecule has 0 bridgehead atoms. The monoisotopic (exact) mass is 345 g/mol. The Labute approximate surface area is 148 Å². The Kier molecular flexibility index (Phi) is 5.65. The van der Waals surface area contributed by atoms with Crippen molar-refractivity contribution in [1.82, 2.24) is 5.32 Å². The number of hydrogen-bond donors (Lipinski definition) is 3. The average Bonchev–Trinajstić information content (AvgIpc) is 2.59. The number of ether oxygens (including phenoxy) is 1. The molecule has 0 heterocycles. The minimum atomic E-state index is -0.979. The van der Waals surface area contributed by atoms with Gasteiger partial charge in [-0.05, 0) is 31.2 Å². The summed E-state index contributed by atoms with van der Waals surface area (Å²) in [4.78, 5) is 24.5. The number of rotatable bonds is 7. The van der Waals surface area contributed by atoms with Crippen LogP contribution in [-0.2, 0) is 9.53 Å². The molecule has 2 unspecified atom stereocenters. The molecule has 4 N–H and O–H groups in total. The predicted octanol–water partition coefficient (Wildman–Crippen LogP) is 2.07. The van der Waals surface area contributed by atoms with Crippen molar-refractivity contribution in [1.29, 1.82) is 0 Å². The van der Waals surface area contributed by atoms with Gasteiger partial charge in [-0.25, -0.2) is 0 Å². The van der Waals surface area contributed by atoms with Gasteiger partial charge in [-0.2, -0.15) is 0 Å². The van der Waals surface area contributed by atoms with Gasteiger partial charge in [0.15, 0.2) is 0 Å². The fourth-order valence-electron chi connectivity index (χ4n) is 3.04. The highest BCUT2D eigenvalue weighted by Crippen LogP contribution is 2.50. The highest BCUT2D eigenvalue weighted by atomic mass is 16.5. The van der Waals surface area contributed by atoms with Crippen molar-refractivity contribution in [2.45, 2.75) is 38.8 Å². The summed E-state index contributed by atoms with van der Waals surface area (Å²) in [6.45, 7) is 10.4. The van der Waals surface area contributed by atoms with Gasteiger partial charge in [0.05, 0.1) is 6.10 Å². The second-order valence-electron chi connectivity index (χ2n) is 6.87. The lowest BCUT2D eigenvalue weighted by atomic mass is 9.54. The number of anilines is 1. The van der Waals surface area contributed by atoms with Gasteiger partial charge in [-0.3, -0.25) is 9.59 Å². The molecule has 2 atom stereocenters. The van der Waals surface area contributed by atoms with E-state index in [1.54, 1.807) is 30.3 Å². The molecule has 6 heteroatoms. The Morgan fingerprint density at radius 3 is 2.52 bits per heavy atom. The van der Waals surface area contributed by atoms with Gasteiger partial charge in [0.1, 0.15) is 5.54 Å². The molecule has 2 amide bonds. The van der Waals surface area contributed by atoms with E-state index >= 15 is 0 Å². The van der Waals surface area contributed by atoms with Crippen LogP contribution in [0.4, 0.5) is 5.69 Å². The quantitative estimate of drug-likeness (QED) is 0.660. The fraction of sp³-hybridized carbons (Fsp3) is 0.474. The fourth-order valence-corrected chi connectivity index (χ4v) is 3.04. The SMILES string of the molecule is C=CCNC(=O)c1ccc(NC(=O)C2(N)CC(OCC)C2(C)C)cc1. The second kappa shape index (κ2) is 7.37. The van der Waals surface area contributed by atoms with Gasteiger partial charge in [-0.15, -0.1) is 6.58 Å². The van der Waals surface area contributed by atoms with Crippen LogP contribution >= 0.6 is 0 Å². The molecule has 136 valence electrons. The zero-order valence-corrected chi connectivity index (χ0v) is 15.1. The van der Waals surface area contributed by atoms with E-state index in [2.05, 4.69) is 17.2 Å². The summed E-state index contributed by atoms with van der Waals surface area (Å²) in [6, 6.07) is 6.70. The lowest BCUT2D eigenvalue weighted by Gasteiger charge is -2.57. The Morgan fingerprint density at radius 2 is 2.00 bits per heavy atom. The average molecular weight is 345 g/mol. The van der Waals surface area contributed by atoms with Crippen LogP contribution in [0.25, 0.3) is 0 Å².